The molecule has 0 heterocycles. The van der Waals surface area contributed by atoms with E-state index in [-0.39, 0.29) is 5.78 Å². The Kier molecular flexibility index (Phi) is 2.78. The minimum Gasteiger partial charge on any atom is -0.294 e. The molecule has 0 aliphatic rings. The van der Waals surface area contributed by atoms with Gasteiger partial charge in [0.05, 0.1) is 0 Å². The Morgan fingerprint density at radius 3 is 2.50 bits per heavy atom. The van der Waals surface area contributed by atoms with Crippen LogP contribution in [0.15, 0.2) is 36.4 Å². The molecule has 0 saturated carbocycles. The van der Waals surface area contributed by atoms with E-state index in [2.05, 4.69) is 32.0 Å². The zero-order chi connectivity index (χ0) is 11.7. The smallest absolute Gasteiger partial charge is 0.160 e. The van der Waals surface area contributed by atoms with Crippen molar-refractivity contribution in [3.63, 3.8) is 0 Å². The van der Waals surface area contributed by atoms with Gasteiger partial charge in [-0.25, -0.2) is 0 Å². The van der Waals surface area contributed by atoms with Crippen molar-refractivity contribution < 1.29 is 4.79 Å². The fourth-order valence-electron chi connectivity index (χ4n) is 1.96. The van der Waals surface area contributed by atoms with Crippen LogP contribution in [0.2, 0.25) is 0 Å². The van der Waals surface area contributed by atoms with Gasteiger partial charge in [-0.3, -0.25) is 4.79 Å². The molecule has 2 rings (SSSR count). The first-order chi connectivity index (χ1) is 7.59. The van der Waals surface area contributed by atoms with Gasteiger partial charge in [-0.05, 0) is 29.2 Å². The number of carbonyl (C=O) groups is 1. The van der Waals surface area contributed by atoms with Crippen LogP contribution < -0.4 is 0 Å². The summed E-state index contributed by atoms with van der Waals surface area (Å²) in [5.74, 6) is 0.621. The fourth-order valence-corrected chi connectivity index (χ4v) is 1.96. The number of hydrogen-bond acceptors (Lipinski definition) is 1. The van der Waals surface area contributed by atoms with E-state index in [0.29, 0.717) is 5.92 Å². The molecule has 1 heteroatoms. The molecule has 2 aromatic rings. The summed E-state index contributed by atoms with van der Waals surface area (Å²) < 4.78 is 0. The van der Waals surface area contributed by atoms with Gasteiger partial charge in [0.25, 0.3) is 0 Å². The topological polar surface area (TPSA) is 17.1 Å². The number of fused-ring (bicyclic) bond motifs is 1. The highest BCUT2D eigenvalue weighted by atomic mass is 16.1. The van der Waals surface area contributed by atoms with Crippen LogP contribution >= 0.6 is 0 Å². The van der Waals surface area contributed by atoms with Crippen molar-refractivity contribution in [1.29, 1.82) is 0 Å². The predicted octanol–water partition coefficient (Wildman–Crippen LogP) is 4.17. The second-order valence-corrected chi connectivity index (χ2v) is 4.50. The maximum Gasteiger partial charge on any atom is 0.160 e. The maximum absolute atomic E-state index is 11.5. The number of ketones is 1. The molecule has 82 valence electrons. The molecular formula is C15H16O. The summed E-state index contributed by atoms with van der Waals surface area (Å²) in [6.45, 7) is 5.95. The molecule has 0 saturated heterocycles. The lowest BCUT2D eigenvalue weighted by Gasteiger charge is -2.09. The number of benzene rings is 2. The van der Waals surface area contributed by atoms with Crippen LogP contribution in [0, 0.1) is 0 Å². The van der Waals surface area contributed by atoms with Crippen molar-refractivity contribution in [1.82, 2.24) is 0 Å². The Labute approximate surface area is 96.1 Å². The van der Waals surface area contributed by atoms with Gasteiger partial charge >= 0.3 is 0 Å². The van der Waals surface area contributed by atoms with Crippen LogP contribution in [0.4, 0.5) is 0 Å². The van der Waals surface area contributed by atoms with Gasteiger partial charge in [0.15, 0.2) is 5.78 Å². The Hall–Kier alpha value is -1.63. The second-order valence-electron chi connectivity index (χ2n) is 4.50. The largest absolute Gasteiger partial charge is 0.294 e. The van der Waals surface area contributed by atoms with Gasteiger partial charge in [-0.2, -0.15) is 0 Å². The third-order valence-corrected chi connectivity index (χ3v) is 2.95. The van der Waals surface area contributed by atoms with E-state index in [0.717, 1.165) is 16.3 Å². The molecule has 2 aromatic carbocycles. The Morgan fingerprint density at radius 2 is 1.88 bits per heavy atom. The van der Waals surface area contributed by atoms with E-state index in [1.165, 1.54) is 5.56 Å². The number of rotatable bonds is 2. The van der Waals surface area contributed by atoms with E-state index in [1.54, 1.807) is 6.92 Å². The molecule has 16 heavy (non-hydrogen) atoms. The predicted molar refractivity (Wildman–Crippen MR) is 68.0 cm³/mol. The molecule has 0 amide bonds. The zero-order valence-corrected chi connectivity index (χ0v) is 9.95. The summed E-state index contributed by atoms with van der Waals surface area (Å²) in [6, 6.07) is 12.2. The normalized spacial score (nSPS) is 11.0. The van der Waals surface area contributed by atoms with E-state index in [1.807, 2.05) is 18.2 Å². The molecule has 0 radical (unpaired) electrons. The van der Waals surface area contributed by atoms with E-state index in [4.69, 9.17) is 0 Å². The number of hydrogen-bond donors (Lipinski definition) is 0. The first-order valence-corrected chi connectivity index (χ1v) is 5.63. The van der Waals surface area contributed by atoms with Crippen molar-refractivity contribution >= 4 is 16.6 Å². The molecule has 0 unspecified atom stereocenters. The Morgan fingerprint density at radius 1 is 1.12 bits per heavy atom. The lowest BCUT2D eigenvalue weighted by atomic mass is 9.95. The first kappa shape index (κ1) is 10.9. The summed E-state index contributed by atoms with van der Waals surface area (Å²) >= 11 is 0. The molecule has 0 aromatic heterocycles. The van der Waals surface area contributed by atoms with Crippen molar-refractivity contribution in [3.05, 3.63) is 47.5 Å². The highest BCUT2D eigenvalue weighted by Crippen LogP contribution is 2.24. The molecule has 0 aliphatic heterocycles. The third kappa shape index (κ3) is 1.85. The van der Waals surface area contributed by atoms with E-state index in [9.17, 15) is 4.79 Å². The monoisotopic (exact) mass is 212 g/mol. The summed E-state index contributed by atoms with van der Waals surface area (Å²) in [4.78, 5) is 11.5. The SMILES string of the molecule is CC(=O)c1cccc2ccc(C(C)C)cc12. The van der Waals surface area contributed by atoms with E-state index >= 15 is 0 Å². The average Bonchev–Trinajstić information content (AvgIpc) is 2.27. The average molecular weight is 212 g/mol. The minimum atomic E-state index is 0.131. The molecule has 0 spiro atoms. The van der Waals surface area contributed by atoms with E-state index < -0.39 is 0 Å². The van der Waals surface area contributed by atoms with Gasteiger partial charge < -0.3 is 0 Å². The van der Waals surface area contributed by atoms with Crippen molar-refractivity contribution in [3.8, 4) is 0 Å². The minimum absolute atomic E-state index is 0.131. The van der Waals surface area contributed by atoms with Crippen LogP contribution in [0.1, 0.15) is 42.6 Å². The zero-order valence-electron chi connectivity index (χ0n) is 9.95. The Bertz CT molecular complexity index is 538. The quantitative estimate of drug-likeness (QED) is 0.683. The second kappa shape index (κ2) is 4.09. The molecule has 0 aliphatic carbocycles. The highest BCUT2D eigenvalue weighted by molar-refractivity contribution is 6.07. The standard InChI is InChI=1S/C15H16O/c1-10(2)13-8-7-12-5-4-6-14(11(3)16)15(12)9-13/h4-10H,1-3H3. The lowest BCUT2D eigenvalue weighted by Crippen LogP contribution is -1.95. The van der Waals surface area contributed by atoms with Gasteiger partial charge in [0.2, 0.25) is 0 Å². The van der Waals surface area contributed by atoms with Crippen LogP contribution in [0.25, 0.3) is 10.8 Å². The van der Waals surface area contributed by atoms with Crippen LogP contribution in [0.5, 0.6) is 0 Å². The molecule has 0 bridgehead atoms. The van der Waals surface area contributed by atoms with Gasteiger partial charge in [0, 0.05) is 5.56 Å². The third-order valence-electron chi connectivity index (χ3n) is 2.95. The number of Topliss-reactive ketones (excluding diaryl/α,β-unsaturated/α-hetero) is 1. The lowest BCUT2D eigenvalue weighted by molar-refractivity contribution is 0.101. The van der Waals surface area contributed by atoms with Crippen molar-refractivity contribution in [2.45, 2.75) is 26.7 Å². The summed E-state index contributed by atoms with van der Waals surface area (Å²) in [6.07, 6.45) is 0. The van der Waals surface area contributed by atoms with Gasteiger partial charge in [-0.15, -0.1) is 0 Å². The number of carbonyl (C=O) groups excluding carboxylic acids is 1. The van der Waals surface area contributed by atoms with Gasteiger partial charge in [-0.1, -0.05) is 50.2 Å². The summed E-state index contributed by atoms with van der Waals surface area (Å²) in [7, 11) is 0. The van der Waals surface area contributed by atoms with Crippen LogP contribution in [-0.2, 0) is 0 Å². The fraction of sp³-hybridized carbons (Fsp3) is 0.267. The van der Waals surface area contributed by atoms with Crippen LogP contribution in [-0.4, -0.2) is 5.78 Å². The summed E-state index contributed by atoms with van der Waals surface area (Å²) in [5.41, 5.74) is 2.10. The molecule has 0 fully saturated rings. The van der Waals surface area contributed by atoms with Crippen molar-refractivity contribution in [2.75, 3.05) is 0 Å². The molecular weight excluding hydrogens is 196 g/mol. The molecule has 0 atom stereocenters. The van der Waals surface area contributed by atoms with Crippen molar-refractivity contribution in [2.24, 2.45) is 0 Å². The molecule has 0 N–H and O–H groups in total. The molecule has 1 nitrogen and oxygen atoms in total. The maximum atomic E-state index is 11.5. The van der Waals surface area contributed by atoms with Crippen LogP contribution in [0.3, 0.4) is 0 Å². The van der Waals surface area contributed by atoms with Gasteiger partial charge in [0.1, 0.15) is 0 Å². The highest BCUT2D eigenvalue weighted by Gasteiger charge is 2.07. The Balaban J connectivity index is 2.73. The first-order valence-electron chi connectivity index (χ1n) is 5.63. The summed E-state index contributed by atoms with van der Waals surface area (Å²) in [5, 5.41) is 2.21.